The standard InChI is InChI=1S/C21H21NO4/c1-24-19-9-5-8-17(21(19)25-2)13-22-20(23)14-26-18-11-10-15-6-3-4-7-16(15)12-18/h3-12H,13-14H2,1-2H3,(H,22,23). The van der Waals surface area contributed by atoms with E-state index in [0.717, 1.165) is 16.3 Å². The van der Waals surface area contributed by atoms with Crippen molar-refractivity contribution in [3.8, 4) is 17.2 Å². The highest BCUT2D eigenvalue weighted by atomic mass is 16.5. The molecule has 0 bridgehead atoms. The van der Waals surface area contributed by atoms with Gasteiger partial charge in [-0.1, -0.05) is 42.5 Å². The number of hydrogen-bond donors (Lipinski definition) is 1. The highest BCUT2D eigenvalue weighted by Crippen LogP contribution is 2.30. The Morgan fingerprint density at radius 2 is 1.73 bits per heavy atom. The molecule has 1 N–H and O–H groups in total. The van der Waals surface area contributed by atoms with Crippen LogP contribution in [-0.2, 0) is 11.3 Å². The van der Waals surface area contributed by atoms with Gasteiger partial charge in [0.05, 0.1) is 14.2 Å². The Hall–Kier alpha value is -3.21. The van der Waals surface area contributed by atoms with Gasteiger partial charge in [-0.25, -0.2) is 0 Å². The molecule has 0 aliphatic rings. The number of hydrogen-bond acceptors (Lipinski definition) is 4. The maximum atomic E-state index is 12.1. The fraction of sp³-hybridized carbons (Fsp3) is 0.190. The Bertz CT molecular complexity index is 907. The summed E-state index contributed by atoms with van der Waals surface area (Å²) in [4.78, 5) is 12.1. The van der Waals surface area contributed by atoms with Crippen molar-refractivity contribution in [1.82, 2.24) is 5.32 Å². The normalized spacial score (nSPS) is 10.4. The van der Waals surface area contributed by atoms with E-state index in [1.807, 2.05) is 60.7 Å². The Kier molecular flexibility index (Phi) is 5.59. The number of methoxy groups -OCH3 is 2. The fourth-order valence-electron chi connectivity index (χ4n) is 2.74. The van der Waals surface area contributed by atoms with E-state index in [1.54, 1.807) is 14.2 Å². The first-order valence-corrected chi connectivity index (χ1v) is 8.29. The molecule has 3 aromatic carbocycles. The zero-order valence-electron chi connectivity index (χ0n) is 14.8. The van der Waals surface area contributed by atoms with Crippen molar-refractivity contribution in [2.75, 3.05) is 20.8 Å². The molecule has 5 nitrogen and oxygen atoms in total. The van der Waals surface area contributed by atoms with Gasteiger partial charge in [0.25, 0.3) is 5.91 Å². The molecular weight excluding hydrogens is 330 g/mol. The topological polar surface area (TPSA) is 56.8 Å². The molecule has 0 radical (unpaired) electrons. The van der Waals surface area contributed by atoms with Gasteiger partial charge < -0.3 is 19.5 Å². The second-order valence-corrected chi connectivity index (χ2v) is 5.73. The zero-order chi connectivity index (χ0) is 18.4. The maximum Gasteiger partial charge on any atom is 0.258 e. The molecule has 0 saturated heterocycles. The minimum Gasteiger partial charge on any atom is -0.493 e. The van der Waals surface area contributed by atoms with Crippen molar-refractivity contribution in [2.45, 2.75) is 6.54 Å². The number of fused-ring (bicyclic) bond motifs is 1. The van der Waals surface area contributed by atoms with Crippen molar-refractivity contribution < 1.29 is 19.0 Å². The lowest BCUT2D eigenvalue weighted by Crippen LogP contribution is -2.28. The molecule has 0 heterocycles. The molecule has 1 amide bonds. The van der Waals surface area contributed by atoms with Gasteiger partial charge in [0.15, 0.2) is 18.1 Å². The summed E-state index contributed by atoms with van der Waals surface area (Å²) in [6.45, 7) is 0.283. The maximum absolute atomic E-state index is 12.1. The summed E-state index contributed by atoms with van der Waals surface area (Å²) in [5.74, 6) is 1.71. The van der Waals surface area contributed by atoms with Crippen LogP contribution in [0.5, 0.6) is 17.2 Å². The van der Waals surface area contributed by atoms with Crippen molar-refractivity contribution in [3.05, 3.63) is 66.2 Å². The van der Waals surface area contributed by atoms with Crippen molar-refractivity contribution >= 4 is 16.7 Å². The van der Waals surface area contributed by atoms with Gasteiger partial charge in [-0.05, 0) is 29.0 Å². The highest BCUT2D eigenvalue weighted by molar-refractivity contribution is 5.84. The van der Waals surface area contributed by atoms with Gasteiger partial charge in [0.2, 0.25) is 0 Å². The highest BCUT2D eigenvalue weighted by Gasteiger charge is 2.11. The van der Waals surface area contributed by atoms with Crippen molar-refractivity contribution in [3.63, 3.8) is 0 Å². The SMILES string of the molecule is COc1cccc(CNC(=O)COc2ccc3ccccc3c2)c1OC. The molecule has 26 heavy (non-hydrogen) atoms. The Balaban J connectivity index is 1.57. The summed E-state index contributed by atoms with van der Waals surface area (Å²) in [6.07, 6.45) is 0. The smallest absolute Gasteiger partial charge is 0.258 e. The average Bonchev–Trinajstić information content (AvgIpc) is 2.70. The van der Waals surface area contributed by atoms with E-state index < -0.39 is 0 Å². The van der Waals surface area contributed by atoms with Crippen LogP contribution in [0.25, 0.3) is 10.8 Å². The third-order valence-electron chi connectivity index (χ3n) is 4.05. The minimum absolute atomic E-state index is 0.0510. The largest absolute Gasteiger partial charge is 0.493 e. The Morgan fingerprint density at radius 3 is 2.50 bits per heavy atom. The van der Waals surface area contributed by atoms with E-state index >= 15 is 0 Å². The average molecular weight is 351 g/mol. The summed E-state index contributed by atoms with van der Waals surface area (Å²) >= 11 is 0. The number of nitrogens with one attached hydrogen (secondary N) is 1. The second-order valence-electron chi connectivity index (χ2n) is 5.73. The second kappa shape index (κ2) is 8.25. The van der Waals surface area contributed by atoms with Crippen molar-refractivity contribution in [1.29, 1.82) is 0 Å². The number of carbonyl (C=O) groups excluding carboxylic acids is 1. The number of benzene rings is 3. The van der Waals surface area contributed by atoms with Gasteiger partial charge in [-0.2, -0.15) is 0 Å². The first-order valence-electron chi connectivity index (χ1n) is 8.29. The van der Waals surface area contributed by atoms with Crippen LogP contribution in [0, 0.1) is 0 Å². The lowest BCUT2D eigenvalue weighted by atomic mass is 10.1. The predicted molar refractivity (Wildman–Crippen MR) is 101 cm³/mol. The van der Waals surface area contributed by atoms with Gasteiger partial charge >= 0.3 is 0 Å². The molecule has 0 fully saturated rings. The third-order valence-corrected chi connectivity index (χ3v) is 4.05. The molecule has 0 unspecified atom stereocenters. The first kappa shape index (κ1) is 17.6. The first-order chi connectivity index (χ1) is 12.7. The van der Waals surface area contributed by atoms with Crippen LogP contribution < -0.4 is 19.5 Å². The summed E-state index contributed by atoms with van der Waals surface area (Å²) < 4.78 is 16.2. The Morgan fingerprint density at radius 1 is 0.923 bits per heavy atom. The molecule has 0 aliphatic heterocycles. The van der Waals surface area contributed by atoms with Gasteiger partial charge in [-0.3, -0.25) is 4.79 Å². The Labute approximate surface area is 152 Å². The minimum atomic E-state index is -0.206. The van der Waals surface area contributed by atoms with E-state index in [0.29, 0.717) is 23.8 Å². The molecule has 0 aromatic heterocycles. The molecular formula is C21H21NO4. The molecule has 134 valence electrons. The summed E-state index contributed by atoms with van der Waals surface area (Å²) in [5.41, 5.74) is 0.839. The molecule has 0 aliphatic carbocycles. The van der Waals surface area contributed by atoms with Gasteiger partial charge in [0.1, 0.15) is 5.75 Å². The number of amides is 1. The lowest BCUT2D eigenvalue weighted by Gasteiger charge is -2.13. The van der Waals surface area contributed by atoms with Crippen LogP contribution in [0.1, 0.15) is 5.56 Å². The van der Waals surface area contributed by atoms with Crippen molar-refractivity contribution in [2.24, 2.45) is 0 Å². The summed E-state index contributed by atoms with van der Waals surface area (Å²) in [7, 11) is 3.16. The van der Waals surface area contributed by atoms with Crippen LogP contribution >= 0.6 is 0 Å². The molecule has 0 saturated carbocycles. The lowest BCUT2D eigenvalue weighted by molar-refractivity contribution is -0.123. The van der Waals surface area contributed by atoms with Gasteiger partial charge in [0, 0.05) is 12.1 Å². The van der Waals surface area contributed by atoms with Crippen LogP contribution in [-0.4, -0.2) is 26.7 Å². The van der Waals surface area contributed by atoms with Crippen LogP contribution in [0.4, 0.5) is 0 Å². The van der Waals surface area contributed by atoms with E-state index in [4.69, 9.17) is 14.2 Å². The third kappa shape index (κ3) is 4.06. The summed E-state index contributed by atoms with van der Waals surface area (Å²) in [6, 6.07) is 19.3. The number of rotatable bonds is 7. The van der Waals surface area contributed by atoms with E-state index in [1.165, 1.54) is 0 Å². The van der Waals surface area contributed by atoms with E-state index in [2.05, 4.69) is 5.32 Å². The molecule has 0 atom stereocenters. The fourth-order valence-corrected chi connectivity index (χ4v) is 2.74. The number of para-hydroxylation sites is 1. The van der Waals surface area contributed by atoms with Crippen LogP contribution in [0.2, 0.25) is 0 Å². The van der Waals surface area contributed by atoms with Gasteiger partial charge in [-0.15, -0.1) is 0 Å². The van der Waals surface area contributed by atoms with Crippen LogP contribution in [0.3, 0.4) is 0 Å². The molecule has 0 spiro atoms. The number of ether oxygens (including phenoxy) is 3. The van der Waals surface area contributed by atoms with E-state index in [-0.39, 0.29) is 12.5 Å². The summed E-state index contributed by atoms with van der Waals surface area (Å²) in [5, 5.41) is 5.04. The molecule has 5 heteroatoms. The quantitative estimate of drug-likeness (QED) is 0.707. The van der Waals surface area contributed by atoms with Crippen LogP contribution in [0.15, 0.2) is 60.7 Å². The molecule has 3 rings (SSSR count). The molecule has 3 aromatic rings. The predicted octanol–water partition coefficient (Wildman–Crippen LogP) is 3.55. The monoisotopic (exact) mass is 351 g/mol. The van der Waals surface area contributed by atoms with E-state index in [9.17, 15) is 4.79 Å². The number of carbonyl (C=O) groups is 1. The zero-order valence-corrected chi connectivity index (χ0v) is 14.8.